The Bertz CT molecular complexity index is 1100. The predicted molar refractivity (Wildman–Crippen MR) is 134 cm³/mol. The maximum Gasteiger partial charge on any atom is 0.331 e. The number of aliphatic hydroxyl groups is 1. The number of hydrogen-bond acceptors (Lipinski definition) is 8. The fourth-order valence-corrected chi connectivity index (χ4v) is 6.48. The van der Waals surface area contributed by atoms with Crippen LogP contribution in [0.3, 0.4) is 0 Å². The molecule has 2 aliphatic carbocycles. The molecule has 0 aromatic heterocycles. The highest BCUT2D eigenvalue weighted by Gasteiger charge is 2.68. The summed E-state index contributed by atoms with van der Waals surface area (Å²) in [6.45, 7) is 12.0. The molecule has 37 heavy (non-hydrogen) atoms. The summed E-state index contributed by atoms with van der Waals surface area (Å²) in [4.78, 5) is 25.8. The number of aliphatic hydroxyl groups excluding tert-OH is 1. The van der Waals surface area contributed by atoms with Gasteiger partial charge in [-0.2, -0.15) is 0 Å². The molecule has 5 aliphatic rings. The highest BCUT2D eigenvalue weighted by Crippen LogP contribution is 2.65. The molecule has 0 radical (unpaired) electrons. The number of carbonyl (C=O) groups excluding carboxylic acids is 2. The van der Waals surface area contributed by atoms with Gasteiger partial charge in [0.1, 0.15) is 24.9 Å². The first-order valence-corrected chi connectivity index (χ1v) is 13.0. The van der Waals surface area contributed by atoms with Crippen molar-refractivity contribution in [2.75, 3.05) is 6.61 Å². The van der Waals surface area contributed by atoms with Crippen molar-refractivity contribution >= 4 is 11.9 Å². The number of carbonyl (C=O) groups is 2. The summed E-state index contributed by atoms with van der Waals surface area (Å²) in [5.74, 6) is -1.04. The Morgan fingerprint density at radius 1 is 1.11 bits per heavy atom. The van der Waals surface area contributed by atoms with Crippen LogP contribution in [0.1, 0.15) is 47.0 Å². The van der Waals surface area contributed by atoms with E-state index in [4.69, 9.17) is 23.7 Å². The molecule has 8 heteroatoms. The van der Waals surface area contributed by atoms with Crippen molar-refractivity contribution in [2.45, 2.75) is 89.9 Å². The van der Waals surface area contributed by atoms with Gasteiger partial charge in [0.05, 0.1) is 18.3 Å². The zero-order chi connectivity index (χ0) is 26.5. The van der Waals surface area contributed by atoms with E-state index in [-0.39, 0.29) is 24.9 Å². The second-order valence-electron chi connectivity index (χ2n) is 11.1. The Kier molecular flexibility index (Phi) is 6.81. The largest absolute Gasteiger partial charge is 0.462 e. The Hall–Kier alpha value is -2.52. The molecule has 2 saturated heterocycles. The molecule has 1 N–H and O–H groups in total. The highest BCUT2D eigenvalue weighted by molar-refractivity contribution is 5.83. The molecule has 0 amide bonds. The van der Waals surface area contributed by atoms with Crippen molar-refractivity contribution in [3.05, 3.63) is 59.8 Å². The van der Waals surface area contributed by atoms with E-state index in [0.717, 1.165) is 12.0 Å². The highest BCUT2D eigenvalue weighted by atomic mass is 16.7. The van der Waals surface area contributed by atoms with E-state index in [1.165, 1.54) is 17.7 Å². The van der Waals surface area contributed by atoms with Crippen LogP contribution < -0.4 is 0 Å². The summed E-state index contributed by atoms with van der Waals surface area (Å²) in [6, 6.07) is 0. The van der Waals surface area contributed by atoms with E-state index < -0.39 is 47.4 Å². The lowest BCUT2D eigenvalue weighted by Crippen LogP contribution is -2.60. The number of fused-ring (bicyclic) bond motifs is 3. The molecular weight excluding hydrogens is 476 g/mol. The molecule has 0 unspecified atom stereocenters. The van der Waals surface area contributed by atoms with Gasteiger partial charge in [0.2, 0.25) is 0 Å². The molecule has 5 rings (SSSR count). The van der Waals surface area contributed by atoms with Crippen molar-refractivity contribution in [3.63, 3.8) is 0 Å². The van der Waals surface area contributed by atoms with Crippen LogP contribution >= 0.6 is 0 Å². The van der Waals surface area contributed by atoms with Gasteiger partial charge < -0.3 is 28.8 Å². The van der Waals surface area contributed by atoms with Gasteiger partial charge in [-0.1, -0.05) is 43.4 Å². The minimum Gasteiger partial charge on any atom is -0.462 e. The quantitative estimate of drug-likeness (QED) is 0.389. The average Bonchev–Trinajstić information content (AvgIpc) is 3.29. The minimum absolute atomic E-state index is 0.0601. The van der Waals surface area contributed by atoms with E-state index in [1.54, 1.807) is 25.2 Å². The van der Waals surface area contributed by atoms with Crippen LogP contribution in [0.5, 0.6) is 0 Å². The third-order valence-electron chi connectivity index (χ3n) is 8.97. The Morgan fingerprint density at radius 3 is 2.68 bits per heavy atom. The number of ether oxygens (including phenoxy) is 5. The summed E-state index contributed by atoms with van der Waals surface area (Å²) < 4.78 is 30.0. The monoisotopic (exact) mass is 512 g/mol. The van der Waals surface area contributed by atoms with Gasteiger partial charge in [-0.05, 0) is 44.8 Å². The van der Waals surface area contributed by atoms with Crippen molar-refractivity contribution in [2.24, 2.45) is 10.8 Å². The van der Waals surface area contributed by atoms with Crippen LogP contribution in [-0.4, -0.2) is 66.6 Å². The lowest BCUT2D eigenvalue weighted by Gasteiger charge is -2.56. The second-order valence-corrected chi connectivity index (χ2v) is 11.1. The Balaban J connectivity index is 1.52. The molecule has 4 bridgehead atoms. The van der Waals surface area contributed by atoms with E-state index in [1.807, 2.05) is 6.92 Å². The van der Waals surface area contributed by atoms with Crippen molar-refractivity contribution in [1.29, 1.82) is 0 Å². The molecule has 3 aliphatic heterocycles. The minimum atomic E-state index is -1.14. The number of hydrogen-bond donors (Lipinski definition) is 1. The van der Waals surface area contributed by atoms with Crippen LogP contribution in [0.25, 0.3) is 0 Å². The molecule has 1 spiro atoms. The number of allylic oxidation sites excluding steroid dienone is 3. The maximum atomic E-state index is 13.0. The fraction of sp³-hybridized carbons (Fsp3) is 0.586. The summed E-state index contributed by atoms with van der Waals surface area (Å²) in [7, 11) is 0. The van der Waals surface area contributed by atoms with Crippen LogP contribution in [0.15, 0.2) is 59.8 Å². The van der Waals surface area contributed by atoms with Crippen molar-refractivity contribution in [3.8, 4) is 0 Å². The number of rotatable bonds is 0. The summed E-state index contributed by atoms with van der Waals surface area (Å²) >= 11 is 0. The normalized spacial score (nSPS) is 44.2. The lowest BCUT2D eigenvalue weighted by molar-refractivity contribution is -0.181. The van der Waals surface area contributed by atoms with Crippen molar-refractivity contribution in [1.82, 2.24) is 0 Å². The third kappa shape index (κ3) is 4.34. The summed E-state index contributed by atoms with van der Waals surface area (Å²) in [5, 5.41) is 10.8. The van der Waals surface area contributed by atoms with Gasteiger partial charge in [0.25, 0.3) is 0 Å². The third-order valence-corrected chi connectivity index (χ3v) is 8.97. The van der Waals surface area contributed by atoms with Gasteiger partial charge >= 0.3 is 11.9 Å². The molecular formula is C29H36O8. The number of cyclic esters (lactones) is 1. The Morgan fingerprint density at radius 2 is 1.89 bits per heavy atom. The standard InChI is InChI=1S/C29H36O8/c1-16-10-11-29-15-33-25(31)13-17(2)26(32)27-34-19(4)20(36-27)8-6-7-9-24(30)37-22-14-21(35-23(29)12-16)18(3)28(22,29)5/h6-9,12-13,19-23,26-27,32H,3,10-11,14-15H2,1-2,4-5H3/t19-,20-,21+,22+,23+,26+,27+,28+,29+/m0/s1. The first kappa shape index (κ1) is 26.1. The van der Waals surface area contributed by atoms with E-state index in [0.29, 0.717) is 18.4 Å². The van der Waals surface area contributed by atoms with Gasteiger partial charge in [-0.3, -0.25) is 0 Å². The van der Waals surface area contributed by atoms with Gasteiger partial charge in [-0.15, -0.1) is 0 Å². The van der Waals surface area contributed by atoms with Crippen LogP contribution in [-0.2, 0) is 33.3 Å². The first-order valence-electron chi connectivity index (χ1n) is 13.0. The predicted octanol–water partition coefficient (Wildman–Crippen LogP) is 3.46. The Labute approximate surface area is 217 Å². The molecule has 8 nitrogen and oxygen atoms in total. The zero-order valence-electron chi connectivity index (χ0n) is 21.8. The molecule has 0 aromatic rings. The second kappa shape index (κ2) is 9.66. The molecule has 0 aromatic carbocycles. The van der Waals surface area contributed by atoms with Crippen LogP contribution in [0.2, 0.25) is 0 Å². The van der Waals surface area contributed by atoms with Crippen molar-refractivity contribution < 1.29 is 38.4 Å². The van der Waals surface area contributed by atoms with Gasteiger partial charge in [0.15, 0.2) is 6.29 Å². The van der Waals surface area contributed by atoms with E-state index in [9.17, 15) is 14.7 Å². The molecule has 3 heterocycles. The summed E-state index contributed by atoms with van der Waals surface area (Å²) in [6.07, 6.45) is 7.98. The van der Waals surface area contributed by atoms with Gasteiger partial charge in [-0.25, -0.2) is 9.59 Å². The molecule has 3 fully saturated rings. The molecule has 200 valence electrons. The van der Waals surface area contributed by atoms with Crippen LogP contribution in [0.4, 0.5) is 0 Å². The molecule has 1 saturated carbocycles. The molecule has 9 atom stereocenters. The SMILES string of the molecule is C=C1[C@H]2C[C@H]3OC(=O)C=CC=C[C@@H]4O[C@@H](O[C@H]4C)[C@H](O)C(C)=CC(=O)OC[C@@]4(CCC(C)=C[C@H]4O2)[C@]13C. The van der Waals surface area contributed by atoms with E-state index >= 15 is 0 Å². The number of esters is 2. The fourth-order valence-electron chi connectivity index (χ4n) is 6.48. The van der Waals surface area contributed by atoms with Crippen LogP contribution in [0, 0.1) is 10.8 Å². The van der Waals surface area contributed by atoms with E-state index in [2.05, 4.69) is 26.5 Å². The average molecular weight is 513 g/mol. The summed E-state index contributed by atoms with van der Waals surface area (Å²) in [5.41, 5.74) is 1.14. The first-order chi connectivity index (χ1) is 17.5. The smallest absolute Gasteiger partial charge is 0.331 e. The van der Waals surface area contributed by atoms with Gasteiger partial charge in [0, 0.05) is 29.4 Å². The lowest BCUT2D eigenvalue weighted by atomic mass is 9.53. The zero-order valence-corrected chi connectivity index (χ0v) is 21.8. The topological polar surface area (TPSA) is 101 Å². The maximum absolute atomic E-state index is 13.0.